The van der Waals surface area contributed by atoms with Crippen molar-refractivity contribution in [3.8, 4) is 0 Å². The summed E-state index contributed by atoms with van der Waals surface area (Å²) in [7, 11) is -3.64. The van der Waals surface area contributed by atoms with E-state index in [2.05, 4.69) is 5.32 Å². The van der Waals surface area contributed by atoms with Crippen LogP contribution in [-0.2, 0) is 20.8 Å². The van der Waals surface area contributed by atoms with Crippen LogP contribution in [0.4, 0.5) is 33.3 Å². The van der Waals surface area contributed by atoms with Gasteiger partial charge in [0.05, 0.1) is 27.7 Å². The van der Waals surface area contributed by atoms with Crippen molar-refractivity contribution < 1.29 is 35.2 Å². The second-order valence-corrected chi connectivity index (χ2v) is 8.16. The van der Waals surface area contributed by atoms with Gasteiger partial charge in [-0.2, -0.15) is 22.0 Å². The third kappa shape index (κ3) is 5.36. The largest absolute Gasteiger partial charge is 0.417 e. The number of hydrogen-bond acceptors (Lipinski definition) is 4. The Bertz CT molecular complexity index is 1010. The van der Waals surface area contributed by atoms with Crippen LogP contribution in [0.5, 0.6) is 0 Å². The summed E-state index contributed by atoms with van der Waals surface area (Å²) in [5.41, 5.74) is -1.48. The fraction of sp³-hybridized carbons (Fsp3) is 0.235. The number of rotatable bonds is 6. The molecule has 0 aromatic heterocycles. The molecule has 5 nitrogen and oxygen atoms in total. The summed E-state index contributed by atoms with van der Waals surface area (Å²) in [6.45, 7) is -0.514. The molecular weight excluding hydrogens is 443 g/mol. The van der Waals surface area contributed by atoms with Gasteiger partial charge in [-0.25, -0.2) is 8.42 Å². The fourth-order valence-corrected chi connectivity index (χ4v) is 3.63. The number of amides is 1. The zero-order valence-electron chi connectivity index (χ0n) is 14.7. The Morgan fingerprint density at radius 2 is 1.79 bits per heavy atom. The summed E-state index contributed by atoms with van der Waals surface area (Å²) in [6.07, 6.45) is -4.73. The van der Waals surface area contributed by atoms with Crippen molar-refractivity contribution in [2.24, 2.45) is 0 Å². The molecule has 0 saturated heterocycles. The zero-order chi connectivity index (χ0) is 22.0. The van der Waals surface area contributed by atoms with Crippen molar-refractivity contribution in [1.29, 1.82) is 0 Å². The summed E-state index contributed by atoms with van der Waals surface area (Å²) < 4.78 is 88.0. The van der Waals surface area contributed by atoms with Gasteiger partial charge in [0.1, 0.15) is 0 Å². The molecule has 0 unspecified atom stereocenters. The standard InChI is InChI=1S/C17H14ClF5N2O3S/c1-25(13-4-2-3-5-14(13)29(27,28)16(19)20)9-15(26)24-10-6-7-12(18)11(8-10)17(21,22)23/h2-8,16H,9H2,1H3,(H,24,26). The first-order valence-corrected chi connectivity index (χ1v) is 9.75. The summed E-state index contributed by atoms with van der Waals surface area (Å²) in [5, 5.41) is 1.68. The molecule has 0 atom stereocenters. The van der Waals surface area contributed by atoms with Crippen LogP contribution in [0.15, 0.2) is 47.4 Å². The molecular formula is C17H14ClF5N2O3S. The van der Waals surface area contributed by atoms with Crippen LogP contribution < -0.4 is 10.2 Å². The minimum Gasteiger partial charge on any atom is -0.364 e. The van der Waals surface area contributed by atoms with E-state index in [1.807, 2.05) is 0 Å². The van der Waals surface area contributed by atoms with Crippen LogP contribution in [0.25, 0.3) is 0 Å². The molecule has 0 spiro atoms. The lowest BCUT2D eigenvalue weighted by Crippen LogP contribution is -2.31. The van der Waals surface area contributed by atoms with Crippen LogP contribution >= 0.6 is 11.6 Å². The number of benzene rings is 2. The Morgan fingerprint density at radius 1 is 1.17 bits per heavy atom. The molecule has 0 fully saturated rings. The Labute approximate surface area is 168 Å². The second-order valence-electron chi connectivity index (χ2n) is 5.87. The Morgan fingerprint density at radius 3 is 2.38 bits per heavy atom. The molecule has 158 valence electrons. The normalized spacial score (nSPS) is 12.1. The number of carbonyl (C=O) groups is 1. The van der Waals surface area contributed by atoms with Gasteiger partial charge in [0.25, 0.3) is 0 Å². The van der Waals surface area contributed by atoms with Crippen molar-refractivity contribution in [3.63, 3.8) is 0 Å². The number of nitrogens with zero attached hydrogens (tertiary/aromatic N) is 1. The van der Waals surface area contributed by atoms with Crippen molar-refractivity contribution in [1.82, 2.24) is 0 Å². The van der Waals surface area contributed by atoms with Crippen LogP contribution in [0.3, 0.4) is 0 Å². The van der Waals surface area contributed by atoms with Gasteiger partial charge >= 0.3 is 11.9 Å². The highest BCUT2D eigenvalue weighted by Crippen LogP contribution is 2.36. The van der Waals surface area contributed by atoms with Crippen LogP contribution in [0.1, 0.15) is 5.56 Å². The van der Waals surface area contributed by atoms with Crippen LogP contribution in [0, 0.1) is 0 Å². The van der Waals surface area contributed by atoms with Crippen molar-refractivity contribution in [2.45, 2.75) is 16.8 Å². The van der Waals surface area contributed by atoms with E-state index in [0.29, 0.717) is 6.07 Å². The van der Waals surface area contributed by atoms with Gasteiger partial charge in [0, 0.05) is 12.7 Å². The minimum absolute atomic E-state index is 0.157. The molecule has 29 heavy (non-hydrogen) atoms. The number of halogens is 6. The van der Waals surface area contributed by atoms with Gasteiger partial charge in [-0.15, -0.1) is 0 Å². The molecule has 0 aliphatic carbocycles. The van der Waals surface area contributed by atoms with E-state index in [1.54, 1.807) is 0 Å². The van der Waals surface area contributed by atoms with E-state index in [9.17, 15) is 35.2 Å². The molecule has 0 aliphatic rings. The topological polar surface area (TPSA) is 66.5 Å². The SMILES string of the molecule is CN(CC(=O)Nc1ccc(Cl)c(C(F)(F)F)c1)c1ccccc1S(=O)(=O)C(F)F. The molecule has 1 amide bonds. The number of nitrogens with one attached hydrogen (secondary N) is 1. The van der Waals surface area contributed by atoms with Gasteiger partial charge in [-0.05, 0) is 30.3 Å². The maximum Gasteiger partial charge on any atom is 0.417 e. The molecule has 0 bridgehead atoms. The van der Waals surface area contributed by atoms with E-state index < -0.39 is 49.7 Å². The molecule has 1 N–H and O–H groups in total. The maximum absolute atomic E-state index is 12.9. The number of likely N-dealkylation sites (N-methyl/N-ethyl adjacent to an activating group) is 1. The first kappa shape index (κ1) is 22.9. The number of hydrogen-bond donors (Lipinski definition) is 1. The molecule has 0 saturated carbocycles. The molecule has 0 radical (unpaired) electrons. The third-order valence-electron chi connectivity index (χ3n) is 3.75. The predicted molar refractivity (Wildman–Crippen MR) is 98.0 cm³/mol. The van der Waals surface area contributed by atoms with Crippen molar-refractivity contribution >= 4 is 38.7 Å². The Kier molecular flexibility index (Phi) is 6.74. The molecule has 0 heterocycles. The smallest absolute Gasteiger partial charge is 0.364 e. The van der Waals surface area contributed by atoms with E-state index in [0.717, 1.165) is 23.1 Å². The molecule has 2 aromatic carbocycles. The molecule has 2 aromatic rings. The molecule has 0 aliphatic heterocycles. The zero-order valence-corrected chi connectivity index (χ0v) is 16.2. The second kappa shape index (κ2) is 8.54. The Balaban J connectivity index is 2.22. The lowest BCUT2D eigenvalue weighted by atomic mass is 10.2. The van der Waals surface area contributed by atoms with E-state index >= 15 is 0 Å². The first-order chi connectivity index (χ1) is 13.3. The van der Waals surface area contributed by atoms with Gasteiger partial charge in [0.15, 0.2) is 0 Å². The first-order valence-electron chi connectivity index (χ1n) is 7.83. The monoisotopic (exact) mass is 456 g/mol. The summed E-state index contributed by atoms with van der Waals surface area (Å²) in [5.74, 6) is -4.45. The quantitative estimate of drug-likeness (QED) is 0.653. The summed E-state index contributed by atoms with van der Waals surface area (Å²) in [4.78, 5) is 12.6. The number of para-hydroxylation sites is 1. The van der Waals surface area contributed by atoms with Gasteiger partial charge < -0.3 is 10.2 Å². The third-order valence-corrected chi connectivity index (χ3v) is 5.51. The highest BCUT2D eigenvalue weighted by Gasteiger charge is 2.33. The highest BCUT2D eigenvalue weighted by atomic mass is 35.5. The highest BCUT2D eigenvalue weighted by molar-refractivity contribution is 7.91. The van der Waals surface area contributed by atoms with Gasteiger partial charge in [-0.1, -0.05) is 23.7 Å². The molecule has 2 rings (SSSR count). The van der Waals surface area contributed by atoms with Crippen molar-refractivity contribution in [3.05, 3.63) is 53.1 Å². The van der Waals surface area contributed by atoms with Crippen LogP contribution in [0.2, 0.25) is 5.02 Å². The average molecular weight is 457 g/mol. The van der Waals surface area contributed by atoms with Gasteiger partial charge in [0.2, 0.25) is 15.7 Å². The van der Waals surface area contributed by atoms with E-state index in [1.165, 1.54) is 25.2 Å². The fourth-order valence-electron chi connectivity index (χ4n) is 2.43. The molecule has 12 heteroatoms. The number of carbonyl (C=O) groups excluding carboxylic acids is 1. The minimum atomic E-state index is -4.92. The van der Waals surface area contributed by atoms with Crippen molar-refractivity contribution in [2.75, 3.05) is 23.8 Å². The van der Waals surface area contributed by atoms with E-state index in [4.69, 9.17) is 11.6 Å². The Hall–Kier alpha value is -2.40. The average Bonchev–Trinajstić information content (AvgIpc) is 2.62. The lowest BCUT2D eigenvalue weighted by molar-refractivity contribution is -0.137. The van der Waals surface area contributed by atoms with Gasteiger partial charge in [-0.3, -0.25) is 4.79 Å². The predicted octanol–water partition coefficient (Wildman–Crippen LogP) is 4.43. The number of anilines is 2. The maximum atomic E-state index is 12.9. The number of sulfone groups is 1. The van der Waals surface area contributed by atoms with Crippen LogP contribution in [-0.4, -0.2) is 33.7 Å². The lowest BCUT2D eigenvalue weighted by Gasteiger charge is -2.22. The number of alkyl halides is 5. The summed E-state index contributed by atoms with van der Waals surface area (Å²) in [6, 6.07) is 7.61. The summed E-state index contributed by atoms with van der Waals surface area (Å²) >= 11 is 5.51. The van der Waals surface area contributed by atoms with E-state index in [-0.39, 0.29) is 11.4 Å².